The fraction of sp³-hybridized carbons (Fsp3) is 0.250. The van der Waals surface area contributed by atoms with Crippen LogP contribution < -0.4 is 4.90 Å². The van der Waals surface area contributed by atoms with Crippen LogP contribution in [0.15, 0.2) is 60.7 Å². The van der Waals surface area contributed by atoms with Crippen LogP contribution in [-0.2, 0) is 25.6 Å². The molecule has 3 rings (SSSR count). The summed E-state index contributed by atoms with van der Waals surface area (Å²) >= 11 is 6.39. The number of nitrogens with zero attached hydrogens (tertiary/aromatic N) is 3. The van der Waals surface area contributed by atoms with Gasteiger partial charge >= 0.3 is 11.9 Å². The number of carbonyl (C=O) groups excluding carboxylic acids is 3. The Morgan fingerprint density at radius 2 is 1.64 bits per heavy atom. The maximum absolute atomic E-state index is 12.8. The summed E-state index contributed by atoms with van der Waals surface area (Å²) in [6, 6.07) is 18.1. The first-order valence-electron chi connectivity index (χ1n) is 10.4. The number of benzene rings is 2. The summed E-state index contributed by atoms with van der Waals surface area (Å²) in [5, 5.41) is 4.45. The largest absolute Gasteiger partial charge is 0.465 e. The van der Waals surface area contributed by atoms with Crippen LogP contribution in [0, 0.1) is 6.92 Å². The minimum atomic E-state index is -0.769. The van der Waals surface area contributed by atoms with Crippen LogP contribution in [0.3, 0.4) is 0 Å². The first-order chi connectivity index (χ1) is 15.9. The zero-order valence-electron chi connectivity index (χ0n) is 18.4. The minimum Gasteiger partial charge on any atom is -0.465 e. The lowest BCUT2D eigenvalue weighted by Crippen LogP contribution is -2.39. The summed E-state index contributed by atoms with van der Waals surface area (Å²) in [6.07, 6.45) is 0. The van der Waals surface area contributed by atoms with Gasteiger partial charge in [0.25, 0.3) is 5.91 Å². The van der Waals surface area contributed by atoms with Crippen LogP contribution in [0.5, 0.6) is 0 Å². The second-order valence-electron chi connectivity index (χ2n) is 7.09. The fourth-order valence-electron chi connectivity index (χ4n) is 3.19. The summed E-state index contributed by atoms with van der Waals surface area (Å²) in [4.78, 5) is 38.7. The highest BCUT2D eigenvalue weighted by Gasteiger charge is 2.25. The van der Waals surface area contributed by atoms with E-state index in [2.05, 4.69) is 5.10 Å². The molecular weight excluding hydrogens is 446 g/mol. The molecule has 9 heteroatoms. The Bertz CT molecular complexity index is 1120. The maximum atomic E-state index is 12.8. The average molecular weight is 470 g/mol. The van der Waals surface area contributed by atoms with Crippen LogP contribution in [-0.4, -0.2) is 47.4 Å². The zero-order valence-corrected chi connectivity index (χ0v) is 19.1. The molecule has 0 atom stereocenters. The van der Waals surface area contributed by atoms with Crippen molar-refractivity contribution in [2.45, 2.75) is 20.4 Å². The highest BCUT2D eigenvalue weighted by atomic mass is 35.5. The van der Waals surface area contributed by atoms with E-state index >= 15 is 0 Å². The van der Waals surface area contributed by atoms with Crippen molar-refractivity contribution in [2.75, 3.05) is 24.7 Å². The van der Waals surface area contributed by atoms with Gasteiger partial charge in [0.1, 0.15) is 17.3 Å². The highest BCUT2D eigenvalue weighted by molar-refractivity contribution is 6.32. The van der Waals surface area contributed by atoms with Crippen molar-refractivity contribution in [1.82, 2.24) is 9.78 Å². The van der Waals surface area contributed by atoms with Crippen molar-refractivity contribution < 1.29 is 23.9 Å². The third-order valence-electron chi connectivity index (χ3n) is 4.73. The number of hydrogen-bond acceptors (Lipinski definition) is 6. The van der Waals surface area contributed by atoms with Gasteiger partial charge < -0.3 is 9.47 Å². The molecule has 2 aromatic carbocycles. The van der Waals surface area contributed by atoms with E-state index in [4.69, 9.17) is 21.1 Å². The van der Waals surface area contributed by atoms with Gasteiger partial charge in [-0.05, 0) is 31.5 Å². The molecule has 0 unspecified atom stereocenters. The third-order valence-corrected chi connectivity index (χ3v) is 5.12. The number of aryl methyl sites for hydroxylation is 1. The molecule has 33 heavy (non-hydrogen) atoms. The number of amides is 1. The van der Waals surface area contributed by atoms with Gasteiger partial charge in [0.15, 0.2) is 6.61 Å². The number of anilines is 1. The standard InChI is InChI=1S/C24H24ClN3O5/c1-3-32-21(30)15-27(19-12-8-5-9-13-19)20(29)16-33-24(31)22-17(2)26-28(23(22)25)14-18-10-6-4-7-11-18/h4-13H,3,14-16H2,1-2H3. The van der Waals surface area contributed by atoms with Crippen molar-refractivity contribution in [3.8, 4) is 0 Å². The van der Waals surface area contributed by atoms with Gasteiger partial charge in [-0.3, -0.25) is 14.5 Å². The molecule has 0 aliphatic heterocycles. The van der Waals surface area contributed by atoms with Crippen LogP contribution in [0.4, 0.5) is 5.69 Å². The summed E-state index contributed by atoms with van der Waals surface area (Å²) in [7, 11) is 0. The second kappa shape index (κ2) is 11.3. The zero-order chi connectivity index (χ0) is 23.8. The van der Waals surface area contributed by atoms with E-state index in [1.54, 1.807) is 44.2 Å². The summed E-state index contributed by atoms with van der Waals surface area (Å²) in [5.41, 5.74) is 1.93. The second-order valence-corrected chi connectivity index (χ2v) is 7.45. The van der Waals surface area contributed by atoms with E-state index in [0.29, 0.717) is 17.9 Å². The summed E-state index contributed by atoms with van der Waals surface area (Å²) in [5.74, 6) is -1.91. The van der Waals surface area contributed by atoms with Gasteiger partial charge in [-0.25, -0.2) is 9.48 Å². The SMILES string of the molecule is CCOC(=O)CN(C(=O)COC(=O)c1c(C)nn(Cc2ccccc2)c1Cl)c1ccccc1. The average Bonchev–Trinajstić information content (AvgIpc) is 3.09. The molecule has 0 saturated carbocycles. The number of para-hydroxylation sites is 1. The predicted molar refractivity (Wildman–Crippen MR) is 123 cm³/mol. The maximum Gasteiger partial charge on any atom is 0.343 e. The van der Waals surface area contributed by atoms with E-state index < -0.39 is 24.5 Å². The monoisotopic (exact) mass is 469 g/mol. The van der Waals surface area contributed by atoms with E-state index in [0.717, 1.165) is 5.56 Å². The Morgan fingerprint density at radius 3 is 2.27 bits per heavy atom. The van der Waals surface area contributed by atoms with Gasteiger partial charge in [-0.15, -0.1) is 0 Å². The number of ether oxygens (including phenoxy) is 2. The van der Waals surface area contributed by atoms with Crippen molar-refractivity contribution in [3.05, 3.63) is 82.6 Å². The molecule has 1 heterocycles. The van der Waals surface area contributed by atoms with Crippen LogP contribution in [0.25, 0.3) is 0 Å². The quantitative estimate of drug-likeness (QED) is 0.444. The topological polar surface area (TPSA) is 90.7 Å². The van der Waals surface area contributed by atoms with E-state index in [-0.39, 0.29) is 23.9 Å². The Hall–Kier alpha value is -3.65. The summed E-state index contributed by atoms with van der Waals surface area (Å²) in [6.45, 7) is 3.01. The molecule has 0 fully saturated rings. The molecule has 0 N–H and O–H groups in total. The number of rotatable bonds is 9. The van der Waals surface area contributed by atoms with E-state index in [1.807, 2.05) is 30.3 Å². The lowest BCUT2D eigenvalue weighted by molar-refractivity contribution is -0.142. The molecule has 0 aliphatic carbocycles. The van der Waals surface area contributed by atoms with Gasteiger partial charge in [0.2, 0.25) is 0 Å². The predicted octanol–water partition coefficient (Wildman–Crippen LogP) is 3.65. The fourth-order valence-corrected chi connectivity index (χ4v) is 3.50. The third kappa shape index (κ3) is 6.20. The molecule has 0 spiro atoms. The number of esters is 2. The van der Waals surface area contributed by atoms with Gasteiger partial charge in [0.05, 0.1) is 18.8 Å². The van der Waals surface area contributed by atoms with Crippen molar-refractivity contribution in [3.63, 3.8) is 0 Å². The van der Waals surface area contributed by atoms with Crippen molar-refractivity contribution in [1.29, 1.82) is 0 Å². The molecule has 0 saturated heterocycles. The molecule has 0 radical (unpaired) electrons. The van der Waals surface area contributed by atoms with E-state index in [9.17, 15) is 14.4 Å². The van der Waals surface area contributed by atoms with Gasteiger partial charge in [-0.1, -0.05) is 60.1 Å². The normalized spacial score (nSPS) is 10.5. The molecule has 3 aromatic rings. The number of aromatic nitrogens is 2. The van der Waals surface area contributed by atoms with Crippen LogP contribution >= 0.6 is 11.6 Å². The van der Waals surface area contributed by atoms with Crippen LogP contribution in [0.2, 0.25) is 5.15 Å². The molecule has 172 valence electrons. The first kappa shape index (κ1) is 24.0. The highest BCUT2D eigenvalue weighted by Crippen LogP contribution is 2.22. The lowest BCUT2D eigenvalue weighted by atomic mass is 10.2. The number of hydrogen-bond donors (Lipinski definition) is 0. The first-order valence-corrected chi connectivity index (χ1v) is 10.7. The Morgan fingerprint density at radius 1 is 1.00 bits per heavy atom. The Labute approximate surface area is 196 Å². The summed E-state index contributed by atoms with van der Waals surface area (Å²) < 4.78 is 11.7. The van der Waals surface area contributed by atoms with E-state index in [1.165, 1.54) is 9.58 Å². The molecular formula is C24H24ClN3O5. The molecule has 0 bridgehead atoms. The molecule has 1 aromatic heterocycles. The number of halogens is 1. The van der Waals surface area contributed by atoms with Gasteiger partial charge in [0, 0.05) is 5.69 Å². The smallest absolute Gasteiger partial charge is 0.343 e. The number of carbonyl (C=O) groups is 3. The van der Waals surface area contributed by atoms with Crippen molar-refractivity contribution in [2.24, 2.45) is 0 Å². The molecule has 1 amide bonds. The molecule has 8 nitrogen and oxygen atoms in total. The minimum absolute atomic E-state index is 0.0945. The molecule has 0 aliphatic rings. The Balaban J connectivity index is 1.70. The van der Waals surface area contributed by atoms with Crippen molar-refractivity contribution >= 4 is 35.1 Å². The lowest BCUT2D eigenvalue weighted by Gasteiger charge is -2.21. The van der Waals surface area contributed by atoms with Gasteiger partial charge in [-0.2, -0.15) is 5.10 Å². The Kier molecular flexibility index (Phi) is 8.21. The van der Waals surface area contributed by atoms with Crippen LogP contribution in [0.1, 0.15) is 28.5 Å².